The van der Waals surface area contributed by atoms with Gasteiger partial charge in [-0.15, -0.1) is 0 Å². The highest BCUT2D eigenvalue weighted by Crippen LogP contribution is 2.21. The van der Waals surface area contributed by atoms with Crippen LogP contribution in [0.4, 0.5) is 5.69 Å². The molecule has 2 rings (SSSR count). The van der Waals surface area contributed by atoms with Crippen molar-refractivity contribution in [2.75, 3.05) is 26.0 Å². The molecule has 1 unspecified atom stereocenters. The van der Waals surface area contributed by atoms with Gasteiger partial charge in [-0.3, -0.25) is 4.79 Å². The second kappa shape index (κ2) is 6.97. The van der Waals surface area contributed by atoms with Crippen molar-refractivity contribution in [2.24, 2.45) is 0 Å². The molecule has 1 amide bonds. The van der Waals surface area contributed by atoms with Crippen LogP contribution in [0.3, 0.4) is 0 Å². The number of benzene rings is 1. The van der Waals surface area contributed by atoms with Gasteiger partial charge in [0.05, 0.1) is 25.8 Å². The summed E-state index contributed by atoms with van der Waals surface area (Å²) in [6, 6.07) is 6.68. The molecule has 6 heteroatoms. The summed E-state index contributed by atoms with van der Waals surface area (Å²) in [5, 5.41) is 0. The number of amides is 1. The van der Waals surface area contributed by atoms with Crippen LogP contribution in [0, 0.1) is 0 Å². The summed E-state index contributed by atoms with van der Waals surface area (Å²) in [5.41, 5.74) is 6.30. The molecule has 1 aliphatic rings. The average molecular weight is 292 g/mol. The van der Waals surface area contributed by atoms with Gasteiger partial charge in [0.2, 0.25) is 5.91 Å². The first-order chi connectivity index (χ1) is 10.1. The lowest BCUT2D eigenvalue weighted by atomic mass is 10.2. The maximum atomic E-state index is 12.2. The molecule has 1 heterocycles. The third kappa shape index (κ3) is 3.65. The lowest BCUT2D eigenvalue weighted by Gasteiger charge is -2.22. The highest BCUT2D eigenvalue weighted by molar-refractivity contribution is 5.85. The van der Waals surface area contributed by atoms with Gasteiger partial charge in [0, 0.05) is 6.54 Å². The zero-order valence-corrected chi connectivity index (χ0v) is 12.1. The first-order valence-electron chi connectivity index (χ1n) is 6.98. The second-order valence-corrected chi connectivity index (χ2v) is 4.90. The molecule has 0 saturated carbocycles. The Labute approximate surface area is 123 Å². The quantitative estimate of drug-likeness (QED) is 0.651. The van der Waals surface area contributed by atoms with E-state index in [-0.39, 0.29) is 24.9 Å². The van der Waals surface area contributed by atoms with Crippen molar-refractivity contribution < 1.29 is 19.1 Å². The monoisotopic (exact) mass is 292 g/mol. The Kier molecular flexibility index (Phi) is 5.03. The highest BCUT2D eigenvalue weighted by Gasteiger charge is 2.34. The normalized spacial score (nSPS) is 17.6. The molecule has 21 heavy (non-hydrogen) atoms. The number of nitrogen functional groups attached to an aromatic ring is 1. The number of para-hydroxylation sites is 2. The summed E-state index contributed by atoms with van der Waals surface area (Å²) < 4.78 is 10.2. The van der Waals surface area contributed by atoms with Crippen LogP contribution < -0.4 is 10.5 Å². The molecule has 0 radical (unpaired) electrons. The van der Waals surface area contributed by atoms with E-state index in [4.69, 9.17) is 15.2 Å². The van der Waals surface area contributed by atoms with Crippen LogP contribution in [-0.2, 0) is 14.3 Å². The molecule has 1 atom stereocenters. The van der Waals surface area contributed by atoms with Gasteiger partial charge in [-0.05, 0) is 25.0 Å². The van der Waals surface area contributed by atoms with E-state index in [1.165, 1.54) is 7.11 Å². The number of esters is 1. The van der Waals surface area contributed by atoms with Crippen molar-refractivity contribution in [1.82, 2.24) is 4.90 Å². The van der Waals surface area contributed by atoms with Gasteiger partial charge in [0.25, 0.3) is 0 Å². The molecule has 6 nitrogen and oxygen atoms in total. The predicted octanol–water partition coefficient (Wildman–Crippen LogP) is 1.20. The summed E-state index contributed by atoms with van der Waals surface area (Å²) >= 11 is 0. The van der Waals surface area contributed by atoms with Crippen LogP contribution in [-0.4, -0.2) is 43.1 Å². The molecule has 2 N–H and O–H groups in total. The minimum Gasteiger partial charge on any atom is -0.491 e. The molecule has 1 aromatic carbocycles. The molecular formula is C15H20N2O4. The molecule has 1 aliphatic heterocycles. The van der Waals surface area contributed by atoms with Crippen LogP contribution in [0.5, 0.6) is 5.75 Å². The second-order valence-electron chi connectivity index (χ2n) is 4.90. The van der Waals surface area contributed by atoms with Crippen LogP contribution >= 0.6 is 0 Å². The SMILES string of the molecule is COC(=O)C1CCCN1C(=O)CCOc1ccccc1N. The van der Waals surface area contributed by atoms with E-state index in [1.54, 1.807) is 17.0 Å². The van der Waals surface area contributed by atoms with Crippen molar-refractivity contribution in [1.29, 1.82) is 0 Å². The zero-order valence-electron chi connectivity index (χ0n) is 12.1. The Morgan fingerprint density at radius 2 is 2.14 bits per heavy atom. The zero-order chi connectivity index (χ0) is 15.2. The molecule has 1 aromatic rings. The molecule has 0 aromatic heterocycles. The number of carbonyl (C=O) groups is 2. The molecule has 0 aliphatic carbocycles. The summed E-state index contributed by atoms with van der Waals surface area (Å²) in [7, 11) is 1.34. The van der Waals surface area contributed by atoms with E-state index in [0.29, 0.717) is 24.4 Å². The van der Waals surface area contributed by atoms with Crippen LogP contribution in [0.1, 0.15) is 19.3 Å². The number of nitrogens with two attached hydrogens (primary N) is 1. The number of hydrogen-bond acceptors (Lipinski definition) is 5. The smallest absolute Gasteiger partial charge is 0.328 e. The van der Waals surface area contributed by atoms with Crippen molar-refractivity contribution in [3.8, 4) is 5.75 Å². The minimum atomic E-state index is -0.454. The van der Waals surface area contributed by atoms with E-state index in [1.807, 2.05) is 12.1 Å². The number of rotatable bonds is 5. The number of anilines is 1. The number of nitrogens with zero attached hydrogens (tertiary/aromatic N) is 1. The summed E-state index contributed by atoms with van der Waals surface area (Å²) in [4.78, 5) is 25.3. The summed E-state index contributed by atoms with van der Waals surface area (Å²) in [6.45, 7) is 0.823. The predicted molar refractivity (Wildman–Crippen MR) is 77.7 cm³/mol. The molecule has 1 fully saturated rings. The standard InChI is InChI=1S/C15H20N2O4/c1-20-15(19)12-6-4-9-17(12)14(18)8-10-21-13-7-3-2-5-11(13)16/h2-3,5,7,12H,4,6,8-10,16H2,1H3. The molecule has 1 saturated heterocycles. The van der Waals surface area contributed by atoms with E-state index < -0.39 is 6.04 Å². The van der Waals surface area contributed by atoms with Gasteiger partial charge >= 0.3 is 5.97 Å². The fourth-order valence-electron chi connectivity index (χ4n) is 2.45. The maximum absolute atomic E-state index is 12.2. The lowest BCUT2D eigenvalue weighted by Crippen LogP contribution is -2.41. The molecule has 0 spiro atoms. The first-order valence-corrected chi connectivity index (χ1v) is 6.98. The van der Waals surface area contributed by atoms with Gasteiger partial charge in [-0.2, -0.15) is 0 Å². The van der Waals surface area contributed by atoms with E-state index in [2.05, 4.69) is 0 Å². The van der Waals surface area contributed by atoms with Gasteiger partial charge < -0.3 is 20.1 Å². The Bertz CT molecular complexity index is 518. The van der Waals surface area contributed by atoms with Gasteiger partial charge in [-0.25, -0.2) is 4.79 Å². The third-order valence-electron chi connectivity index (χ3n) is 3.54. The third-order valence-corrected chi connectivity index (χ3v) is 3.54. The number of methoxy groups -OCH3 is 1. The number of hydrogen-bond donors (Lipinski definition) is 1. The van der Waals surface area contributed by atoms with Crippen LogP contribution in [0.25, 0.3) is 0 Å². The Balaban J connectivity index is 1.84. The first kappa shape index (κ1) is 15.2. The van der Waals surface area contributed by atoms with Crippen molar-refractivity contribution in [3.63, 3.8) is 0 Å². The fourth-order valence-corrected chi connectivity index (χ4v) is 2.45. The van der Waals surface area contributed by atoms with E-state index >= 15 is 0 Å². The average Bonchev–Trinajstić information content (AvgIpc) is 2.98. The Morgan fingerprint density at radius 3 is 2.86 bits per heavy atom. The number of likely N-dealkylation sites (tertiary alicyclic amines) is 1. The topological polar surface area (TPSA) is 81.9 Å². The number of carbonyl (C=O) groups excluding carboxylic acids is 2. The van der Waals surface area contributed by atoms with Crippen molar-refractivity contribution >= 4 is 17.6 Å². The van der Waals surface area contributed by atoms with Gasteiger partial charge in [-0.1, -0.05) is 12.1 Å². The molecule has 114 valence electrons. The van der Waals surface area contributed by atoms with E-state index in [9.17, 15) is 9.59 Å². The van der Waals surface area contributed by atoms with Gasteiger partial charge in [0.15, 0.2) is 0 Å². The Hall–Kier alpha value is -2.24. The summed E-state index contributed by atoms with van der Waals surface area (Å²) in [6.07, 6.45) is 1.69. The van der Waals surface area contributed by atoms with E-state index in [0.717, 1.165) is 6.42 Å². The molecule has 0 bridgehead atoms. The Morgan fingerprint density at radius 1 is 1.38 bits per heavy atom. The van der Waals surface area contributed by atoms with Crippen molar-refractivity contribution in [3.05, 3.63) is 24.3 Å². The van der Waals surface area contributed by atoms with Crippen molar-refractivity contribution in [2.45, 2.75) is 25.3 Å². The van der Waals surface area contributed by atoms with Crippen LogP contribution in [0.2, 0.25) is 0 Å². The maximum Gasteiger partial charge on any atom is 0.328 e. The lowest BCUT2D eigenvalue weighted by molar-refractivity contribution is -0.151. The molecular weight excluding hydrogens is 272 g/mol. The van der Waals surface area contributed by atoms with Crippen LogP contribution in [0.15, 0.2) is 24.3 Å². The van der Waals surface area contributed by atoms with Gasteiger partial charge in [0.1, 0.15) is 11.8 Å². The fraction of sp³-hybridized carbons (Fsp3) is 0.467. The highest BCUT2D eigenvalue weighted by atomic mass is 16.5. The minimum absolute atomic E-state index is 0.0996. The summed E-state index contributed by atoms with van der Waals surface area (Å²) in [5.74, 6) is 0.114. The number of ether oxygens (including phenoxy) is 2. The largest absolute Gasteiger partial charge is 0.491 e.